The van der Waals surface area contributed by atoms with Gasteiger partial charge >= 0.3 is 0 Å². The molecule has 5 nitrogen and oxygen atoms in total. The van der Waals surface area contributed by atoms with Crippen LogP contribution in [0.15, 0.2) is 40.9 Å². The lowest BCUT2D eigenvalue weighted by molar-refractivity contribution is -0.122. The number of aryl methyl sites for hydroxylation is 2. The minimum Gasteiger partial charge on any atom is -0.480 e. The van der Waals surface area contributed by atoms with Gasteiger partial charge in [0.2, 0.25) is 0 Å². The van der Waals surface area contributed by atoms with E-state index in [0.29, 0.717) is 17.0 Å². The summed E-state index contributed by atoms with van der Waals surface area (Å²) < 4.78 is 6.86. The van der Waals surface area contributed by atoms with Crippen LogP contribution in [0.3, 0.4) is 0 Å². The number of hydrogen-bond acceptors (Lipinski definition) is 3. The molecule has 0 bridgehead atoms. The second kappa shape index (κ2) is 8.78. The van der Waals surface area contributed by atoms with E-state index in [0.717, 1.165) is 15.6 Å². The van der Waals surface area contributed by atoms with E-state index < -0.39 is 6.10 Å². The molecule has 0 spiro atoms. The van der Waals surface area contributed by atoms with Crippen molar-refractivity contribution in [3.05, 3.63) is 57.6 Å². The zero-order valence-electron chi connectivity index (χ0n) is 17.1. The second-order valence-electron chi connectivity index (χ2n) is 7.90. The highest BCUT2D eigenvalue weighted by atomic mass is 79.9. The van der Waals surface area contributed by atoms with Gasteiger partial charge in [0.1, 0.15) is 5.75 Å². The number of nitrogens with one attached hydrogen (secondary N) is 2. The van der Waals surface area contributed by atoms with Crippen LogP contribution >= 0.6 is 15.9 Å². The highest BCUT2D eigenvalue weighted by molar-refractivity contribution is 9.10. The van der Waals surface area contributed by atoms with Gasteiger partial charge in [-0.2, -0.15) is 0 Å². The van der Waals surface area contributed by atoms with Gasteiger partial charge in [-0.15, -0.1) is 0 Å². The number of hydrogen-bond donors (Lipinski definition) is 2. The fourth-order valence-corrected chi connectivity index (χ4v) is 3.36. The zero-order chi connectivity index (χ0) is 21.1. The molecule has 0 aliphatic heterocycles. The summed E-state index contributed by atoms with van der Waals surface area (Å²) in [5.74, 6) is 0.303. The third-order valence-corrected chi connectivity index (χ3v) is 4.45. The van der Waals surface area contributed by atoms with Crippen LogP contribution in [0.2, 0.25) is 0 Å². The van der Waals surface area contributed by atoms with E-state index >= 15 is 0 Å². The van der Waals surface area contributed by atoms with Crippen LogP contribution in [-0.4, -0.2) is 23.5 Å². The van der Waals surface area contributed by atoms with E-state index in [2.05, 4.69) is 26.6 Å². The smallest absolute Gasteiger partial charge is 0.265 e. The van der Waals surface area contributed by atoms with Crippen LogP contribution in [0.25, 0.3) is 0 Å². The maximum Gasteiger partial charge on any atom is 0.265 e. The van der Waals surface area contributed by atoms with E-state index in [1.807, 2.05) is 46.8 Å². The zero-order valence-corrected chi connectivity index (χ0v) is 18.7. The average molecular weight is 447 g/mol. The molecule has 1 atom stereocenters. The van der Waals surface area contributed by atoms with E-state index in [1.165, 1.54) is 0 Å². The van der Waals surface area contributed by atoms with Crippen molar-refractivity contribution >= 4 is 33.4 Å². The molecular weight excluding hydrogens is 420 g/mol. The normalized spacial score (nSPS) is 12.2. The number of amides is 2. The van der Waals surface area contributed by atoms with Crippen molar-refractivity contribution in [1.29, 1.82) is 0 Å². The van der Waals surface area contributed by atoms with Gasteiger partial charge in [0.05, 0.1) is 0 Å². The second-order valence-corrected chi connectivity index (χ2v) is 8.82. The molecule has 0 aliphatic carbocycles. The Morgan fingerprint density at radius 1 is 1.04 bits per heavy atom. The lowest BCUT2D eigenvalue weighted by atomic mass is 10.1. The molecule has 28 heavy (non-hydrogen) atoms. The number of carbonyl (C=O) groups excluding carboxylic acids is 2. The van der Waals surface area contributed by atoms with Crippen LogP contribution in [-0.2, 0) is 4.79 Å². The van der Waals surface area contributed by atoms with Gasteiger partial charge in [0, 0.05) is 21.3 Å². The first kappa shape index (κ1) is 22.0. The highest BCUT2D eigenvalue weighted by Gasteiger charge is 2.18. The number of benzene rings is 2. The summed E-state index contributed by atoms with van der Waals surface area (Å²) >= 11 is 3.46. The molecule has 0 fully saturated rings. The molecule has 0 heterocycles. The summed E-state index contributed by atoms with van der Waals surface area (Å²) in [5, 5.41) is 5.73. The summed E-state index contributed by atoms with van der Waals surface area (Å²) in [5.41, 5.74) is 2.76. The van der Waals surface area contributed by atoms with Crippen molar-refractivity contribution in [1.82, 2.24) is 5.32 Å². The number of halogens is 1. The van der Waals surface area contributed by atoms with Gasteiger partial charge in [-0.05, 0) is 89.1 Å². The summed E-state index contributed by atoms with van der Waals surface area (Å²) in [6.07, 6.45) is -0.664. The lowest BCUT2D eigenvalue weighted by Gasteiger charge is -2.20. The number of anilines is 1. The molecule has 0 saturated heterocycles. The van der Waals surface area contributed by atoms with E-state index in [-0.39, 0.29) is 17.4 Å². The number of ether oxygens (including phenoxy) is 1. The Morgan fingerprint density at radius 2 is 1.57 bits per heavy atom. The molecule has 0 aliphatic rings. The SMILES string of the molecule is Cc1cc(Br)cc(C)c1OC(C)C(=O)Nc1ccc(C(=O)NC(C)(C)C)cc1. The molecular formula is C22H27BrN2O3. The number of rotatable bonds is 5. The molecule has 0 radical (unpaired) electrons. The van der Waals surface area contributed by atoms with Gasteiger partial charge in [-0.3, -0.25) is 9.59 Å². The van der Waals surface area contributed by atoms with Crippen molar-refractivity contribution in [3.8, 4) is 5.75 Å². The maximum atomic E-state index is 12.5. The molecule has 2 aromatic carbocycles. The van der Waals surface area contributed by atoms with Gasteiger partial charge in [-0.25, -0.2) is 0 Å². The monoisotopic (exact) mass is 446 g/mol. The van der Waals surface area contributed by atoms with Gasteiger partial charge in [0.25, 0.3) is 11.8 Å². The topological polar surface area (TPSA) is 67.4 Å². The fourth-order valence-electron chi connectivity index (χ4n) is 2.68. The predicted octanol–water partition coefficient (Wildman–Crippen LogP) is 5.00. The standard InChI is InChI=1S/C22H27BrN2O3/c1-13-11-17(23)12-14(2)19(13)28-15(3)20(26)24-18-9-7-16(8-10-18)21(27)25-22(4,5)6/h7-12,15H,1-6H3,(H,24,26)(H,25,27). The van der Waals surface area contributed by atoms with Crippen LogP contribution in [0.5, 0.6) is 5.75 Å². The average Bonchev–Trinajstić information content (AvgIpc) is 2.56. The van der Waals surface area contributed by atoms with Crippen molar-refractivity contribution in [3.63, 3.8) is 0 Å². The Morgan fingerprint density at radius 3 is 2.07 bits per heavy atom. The molecule has 2 aromatic rings. The van der Waals surface area contributed by atoms with Crippen LogP contribution < -0.4 is 15.4 Å². The Kier molecular flexibility index (Phi) is 6.88. The van der Waals surface area contributed by atoms with E-state index in [1.54, 1.807) is 31.2 Å². The first-order valence-electron chi connectivity index (χ1n) is 9.13. The minimum absolute atomic E-state index is 0.150. The van der Waals surface area contributed by atoms with E-state index in [9.17, 15) is 9.59 Å². The van der Waals surface area contributed by atoms with Gasteiger partial charge < -0.3 is 15.4 Å². The molecule has 150 valence electrons. The van der Waals surface area contributed by atoms with Crippen LogP contribution in [0.4, 0.5) is 5.69 Å². The third-order valence-electron chi connectivity index (χ3n) is 3.99. The van der Waals surface area contributed by atoms with Crippen molar-refractivity contribution in [2.45, 2.75) is 53.2 Å². The Bertz CT molecular complexity index is 847. The minimum atomic E-state index is -0.664. The molecule has 2 rings (SSSR count). The first-order valence-corrected chi connectivity index (χ1v) is 9.92. The van der Waals surface area contributed by atoms with Crippen molar-refractivity contribution in [2.75, 3.05) is 5.32 Å². The summed E-state index contributed by atoms with van der Waals surface area (Å²) in [6.45, 7) is 11.4. The fraction of sp³-hybridized carbons (Fsp3) is 0.364. The lowest BCUT2D eigenvalue weighted by Crippen LogP contribution is -2.40. The van der Waals surface area contributed by atoms with Crippen molar-refractivity contribution < 1.29 is 14.3 Å². The number of carbonyl (C=O) groups is 2. The van der Waals surface area contributed by atoms with Crippen LogP contribution in [0, 0.1) is 13.8 Å². The summed E-state index contributed by atoms with van der Waals surface area (Å²) in [7, 11) is 0. The third kappa shape index (κ3) is 6.09. The first-order chi connectivity index (χ1) is 13.0. The Labute approximate surface area is 175 Å². The Balaban J connectivity index is 2.02. The predicted molar refractivity (Wildman–Crippen MR) is 116 cm³/mol. The van der Waals surface area contributed by atoms with Gasteiger partial charge in [0.15, 0.2) is 6.10 Å². The largest absolute Gasteiger partial charge is 0.480 e. The molecule has 2 N–H and O–H groups in total. The summed E-state index contributed by atoms with van der Waals surface area (Å²) in [6, 6.07) is 10.7. The maximum absolute atomic E-state index is 12.5. The van der Waals surface area contributed by atoms with Crippen molar-refractivity contribution in [2.24, 2.45) is 0 Å². The molecule has 2 amide bonds. The van der Waals surface area contributed by atoms with Gasteiger partial charge in [-0.1, -0.05) is 15.9 Å². The molecule has 6 heteroatoms. The molecule has 1 unspecified atom stereocenters. The van der Waals surface area contributed by atoms with E-state index in [4.69, 9.17) is 4.74 Å². The molecule has 0 saturated carbocycles. The highest BCUT2D eigenvalue weighted by Crippen LogP contribution is 2.28. The Hall–Kier alpha value is -2.34. The quantitative estimate of drug-likeness (QED) is 0.678. The van der Waals surface area contributed by atoms with Crippen LogP contribution in [0.1, 0.15) is 49.2 Å². The summed E-state index contributed by atoms with van der Waals surface area (Å²) in [4.78, 5) is 24.7. The molecule has 0 aromatic heterocycles.